The Bertz CT molecular complexity index is 3760. The molecule has 0 radical (unpaired) electrons. The number of aliphatic carboxylic acids is 1. The third-order valence-electron chi connectivity index (χ3n) is 18.6. The van der Waals surface area contributed by atoms with Crippen LogP contribution in [0.1, 0.15) is 175 Å². The van der Waals surface area contributed by atoms with Crippen molar-refractivity contribution >= 4 is 112 Å². The van der Waals surface area contributed by atoms with Crippen LogP contribution in [-0.4, -0.2) is 149 Å². The molecule has 4 saturated heterocycles. The van der Waals surface area contributed by atoms with Crippen LogP contribution in [0.25, 0.3) is 0 Å². The van der Waals surface area contributed by atoms with Gasteiger partial charge >= 0.3 is 17.9 Å². The normalized spacial score (nSPS) is 22.2. The van der Waals surface area contributed by atoms with Crippen molar-refractivity contribution in [2.45, 2.75) is 178 Å². The van der Waals surface area contributed by atoms with Crippen LogP contribution in [0.4, 0.5) is 0 Å². The molecule has 4 aliphatic heterocycles. The molecule has 104 heavy (non-hydrogen) atoms. The molecule has 12 atom stereocenters. The van der Waals surface area contributed by atoms with Crippen molar-refractivity contribution in [1.82, 2.24) is 19.6 Å². The predicted octanol–water partition coefficient (Wildman–Crippen LogP) is 17.4. The van der Waals surface area contributed by atoms with Gasteiger partial charge in [-0.3, -0.25) is 19.3 Å². The second-order valence-electron chi connectivity index (χ2n) is 25.6. The van der Waals surface area contributed by atoms with E-state index in [2.05, 4.69) is 11.5 Å². The minimum absolute atomic E-state index is 0.168. The van der Waals surface area contributed by atoms with Gasteiger partial charge in [0.1, 0.15) is 61.0 Å². The zero-order valence-corrected chi connectivity index (χ0v) is 63.7. The first-order chi connectivity index (χ1) is 50.2. The highest BCUT2D eigenvalue weighted by molar-refractivity contribution is 6.32. The molecule has 4 heterocycles. The Morgan fingerprint density at radius 2 is 0.788 bits per heavy atom. The molecule has 6 aromatic rings. The molecule has 0 saturated carbocycles. The van der Waals surface area contributed by atoms with Crippen LogP contribution in [0.3, 0.4) is 0 Å². The van der Waals surface area contributed by atoms with E-state index in [1.807, 2.05) is 93.6 Å². The van der Waals surface area contributed by atoms with E-state index in [1.54, 1.807) is 107 Å². The zero-order valence-electron chi connectivity index (χ0n) is 59.2. The number of benzene rings is 6. The molecule has 0 unspecified atom stereocenters. The lowest BCUT2D eigenvalue weighted by Crippen LogP contribution is -2.57. The first-order valence-electron chi connectivity index (χ1n) is 35.6. The minimum Gasteiger partial charge on any atom is -0.480 e. The number of nitrogens with zero attached hydrogens (tertiary/aromatic N) is 4. The summed E-state index contributed by atoms with van der Waals surface area (Å²) in [5.41, 5.74) is 4.85. The van der Waals surface area contributed by atoms with Crippen LogP contribution in [0, 0.1) is 0 Å². The number of esters is 2. The molecule has 4 fully saturated rings. The molecule has 24 heteroatoms. The number of rotatable bonds is 29. The molecule has 1 N–H and O–H groups in total. The van der Waals surface area contributed by atoms with Gasteiger partial charge in [0.2, 0.25) is 0 Å². The van der Waals surface area contributed by atoms with Crippen molar-refractivity contribution in [3.8, 4) is 0 Å². The van der Waals surface area contributed by atoms with Gasteiger partial charge in [0, 0.05) is 56.1 Å². The van der Waals surface area contributed by atoms with E-state index >= 15 is 0 Å². The van der Waals surface area contributed by atoms with Crippen LogP contribution in [-0.2, 0) is 62.0 Å². The molecule has 6 aromatic carbocycles. The summed E-state index contributed by atoms with van der Waals surface area (Å²) in [5.74, 6) is -2.76. The van der Waals surface area contributed by atoms with Crippen molar-refractivity contribution in [2.75, 3.05) is 46.1 Å². The SMILES string of the molecule is C=CC[C@@H]1O[C@@H](c2ccc(Cl)cc2)[C@@H](c2ccc(Cl)cc2)N([C@H](CCC)C(=O)OCC)C1=O.CCC[C@H](C(=O)O)N1C(=O)[C@H](CCCN2CCOCC2)O[C@@H](c2ccc(Cl)cc2)[C@H]1c1ccc(Cl)cc1.CCC[C@H](C(=O)OCC)N1C(=O)[C@H](CCC=O)O[C@@H](c2ccc(Cl)cc2)[C@H]1c1ccc(Cl)cc1. The molecule has 0 aliphatic carbocycles. The number of morpholine rings is 4. The van der Waals surface area contributed by atoms with E-state index in [-0.39, 0.29) is 43.8 Å². The van der Waals surface area contributed by atoms with Crippen molar-refractivity contribution in [1.29, 1.82) is 0 Å². The topological polar surface area (TPSA) is 208 Å². The number of amides is 3. The predicted molar refractivity (Wildman–Crippen MR) is 404 cm³/mol. The Balaban J connectivity index is 0.000000198. The van der Waals surface area contributed by atoms with Crippen molar-refractivity contribution in [2.24, 2.45) is 0 Å². The largest absolute Gasteiger partial charge is 0.480 e. The van der Waals surface area contributed by atoms with Gasteiger partial charge in [0.15, 0.2) is 0 Å². The average Bonchev–Trinajstić information content (AvgIpc) is 0.769. The number of hydrogen-bond donors (Lipinski definition) is 1. The van der Waals surface area contributed by atoms with Gasteiger partial charge < -0.3 is 53.0 Å². The van der Waals surface area contributed by atoms with Gasteiger partial charge in [0.05, 0.1) is 44.6 Å². The first kappa shape index (κ1) is 82.7. The smallest absolute Gasteiger partial charge is 0.328 e. The van der Waals surface area contributed by atoms with E-state index < -0.39 is 90.8 Å². The number of aldehydes is 1. The molecule has 558 valence electrons. The monoisotopic (exact) mass is 1540 g/mol. The lowest BCUT2D eigenvalue weighted by atomic mass is 9.89. The average molecular weight is 1550 g/mol. The lowest BCUT2D eigenvalue weighted by Gasteiger charge is -2.47. The lowest BCUT2D eigenvalue weighted by molar-refractivity contribution is -0.186. The quantitative estimate of drug-likeness (QED) is 0.0263. The Morgan fingerprint density at radius 3 is 1.11 bits per heavy atom. The number of carbonyl (C=O) groups is 7. The van der Waals surface area contributed by atoms with Crippen molar-refractivity contribution < 1.29 is 67.1 Å². The summed E-state index contributed by atoms with van der Waals surface area (Å²) in [6, 6.07) is 39.2. The Morgan fingerprint density at radius 1 is 0.481 bits per heavy atom. The molecule has 4 aliphatic rings. The van der Waals surface area contributed by atoms with E-state index in [1.165, 1.54) is 0 Å². The number of carboxylic acid groups (broad SMARTS) is 1. The van der Waals surface area contributed by atoms with Gasteiger partial charge in [-0.25, -0.2) is 14.4 Å². The van der Waals surface area contributed by atoms with Gasteiger partial charge in [-0.1, -0.05) is 189 Å². The maximum absolute atomic E-state index is 14.0. The second-order valence-corrected chi connectivity index (χ2v) is 28.3. The van der Waals surface area contributed by atoms with Crippen LogP contribution >= 0.6 is 69.6 Å². The van der Waals surface area contributed by atoms with E-state index in [0.29, 0.717) is 94.7 Å². The maximum atomic E-state index is 14.0. The standard InChI is InChI=1S/C28H34Cl2N2O5.C26H29Cl2NO5.C26H29Cl2NO4/c1-2-4-23(28(34)35)32-25(19-6-10-21(29)11-7-19)26(20-8-12-22(30)13-9-20)37-24(27(32)33)5-3-14-31-15-17-36-18-16-31;1-3-6-21(26(32)33-4-2)29-23(17-8-12-19(27)13-9-17)24(18-10-14-20(28)15-11-18)34-22(25(29)31)7-5-16-30;1-4-7-21(26(31)32-6-3)29-23(17-9-13-19(27)14-10-17)24(18-11-15-20(28)16-12-18)33-22(8-5-2)25(29)30/h6-13,23-26H,2-5,14-18H2,1H3,(H,34,35);8-16,21-24H,3-7H2,1-2H3;5,9-16,21-24H,2,4,6-8H2,1,3H3/t23-,24+,25-,26+;2*21-,22+,23-,24+/m111/s1. The number of carboxylic acids is 1. The van der Waals surface area contributed by atoms with Crippen molar-refractivity contribution in [3.05, 3.63) is 222 Å². The summed E-state index contributed by atoms with van der Waals surface area (Å²) >= 11 is 36.9. The second kappa shape index (κ2) is 41.3. The van der Waals surface area contributed by atoms with Crippen LogP contribution in [0.5, 0.6) is 0 Å². The summed E-state index contributed by atoms with van der Waals surface area (Å²) in [6.45, 7) is 17.6. The Hall–Kier alpha value is -6.91. The van der Waals surface area contributed by atoms with Crippen molar-refractivity contribution in [3.63, 3.8) is 0 Å². The highest BCUT2D eigenvalue weighted by Crippen LogP contribution is 2.49. The molecule has 0 bridgehead atoms. The molecular formula is C80H92Cl6N4O14. The fourth-order valence-corrected chi connectivity index (χ4v) is 14.5. The van der Waals surface area contributed by atoms with Gasteiger partial charge in [-0.2, -0.15) is 0 Å². The van der Waals surface area contributed by atoms with Gasteiger partial charge in [0.25, 0.3) is 17.7 Å². The molecular weight excluding hydrogens is 1450 g/mol. The number of carbonyl (C=O) groups excluding carboxylic acids is 6. The number of hydrogen-bond acceptors (Lipinski definition) is 14. The summed E-state index contributed by atoms with van der Waals surface area (Å²) in [4.78, 5) is 98.3. The van der Waals surface area contributed by atoms with Crippen LogP contribution in [0.2, 0.25) is 30.1 Å². The third kappa shape index (κ3) is 21.7. The van der Waals surface area contributed by atoms with E-state index in [9.17, 15) is 38.7 Å². The fraction of sp³-hybridized carbons (Fsp3) is 0.438. The summed E-state index contributed by atoms with van der Waals surface area (Å²) < 4.78 is 35.4. The first-order valence-corrected chi connectivity index (χ1v) is 37.8. The Labute approximate surface area is 640 Å². The van der Waals surface area contributed by atoms with Gasteiger partial charge in [-0.05, 0) is 165 Å². The number of halogens is 6. The summed E-state index contributed by atoms with van der Waals surface area (Å²) in [6.07, 6.45) is 3.58. The van der Waals surface area contributed by atoms with E-state index in [4.69, 9.17) is 98.0 Å². The summed E-state index contributed by atoms with van der Waals surface area (Å²) in [5, 5.41) is 13.7. The van der Waals surface area contributed by atoms with Crippen LogP contribution in [0.15, 0.2) is 158 Å². The summed E-state index contributed by atoms with van der Waals surface area (Å²) in [7, 11) is 0. The number of ether oxygens (including phenoxy) is 6. The molecule has 0 aromatic heterocycles. The minimum atomic E-state index is -1.02. The maximum Gasteiger partial charge on any atom is 0.328 e. The van der Waals surface area contributed by atoms with Gasteiger partial charge in [-0.15, -0.1) is 6.58 Å². The van der Waals surface area contributed by atoms with E-state index in [0.717, 1.165) is 65.7 Å². The molecule has 3 amide bonds. The highest BCUT2D eigenvalue weighted by Gasteiger charge is 2.52. The van der Waals surface area contributed by atoms with Crippen LogP contribution < -0.4 is 0 Å². The molecule has 10 rings (SSSR count). The zero-order chi connectivity index (χ0) is 75.0. The molecule has 18 nitrogen and oxygen atoms in total. The fourth-order valence-electron chi connectivity index (χ4n) is 13.7. The Kier molecular flexibility index (Phi) is 32.8. The third-order valence-corrected chi connectivity index (χ3v) is 20.1. The molecule has 0 spiro atoms. The highest BCUT2D eigenvalue weighted by atomic mass is 35.5.